The second-order valence-corrected chi connectivity index (χ2v) is 5.94. The number of nitro benzene ring substituents is 1. The molecule has 23 heavy (non-hydrogen) atoms. The predicted molar refractivity (Wildman–Crippen MR) is 91.0 cm³/mol. The van der Waals surface area contributed by atoms with Crippen molar-refractivity contribution in [2.24, 2.45) is 0 Å². The molecule has 1 aliphatic heterocycles. The number of benzene rings is 1. The Morgan fingerprint density at radius 1 is 1.22 bits per heavy atom. The van der Waals surface area contributed by atoms with Gasteiger partial charge in [-0.1, -0.05) is 13.8 Å². The second-order valence-electron chi connectivity index (χ2n) is 5.94. The summed E-state index contributed by atoms with van der Waals surface area (Å²) in [6.07, 6.45) is 3.94. The van der Waals surface area contributed by atoms with Gasteiger partial charge in [0.05, 0.1) is 16.2 Å². The van der Waals surface area contributed by atoms with Crippen LogP contribution in [0.3, 0.4) is 0 Å². The largest absolute Gasteiger partial charge is 0.371 e. The average molecular weight is 319 g/mol. The van der Waals surface area contributed by atoms with Crippen molar-refractivity contribution in [3.8, 4) is 0 Å². The summed E-state index contributed by atoms with van der Waals surface area (Å²) in [6.45, 7) is 7.22. The molecule has 0 unspecified atom stereocenters. The van der Waals surface area contributed by atoms with E-state index >= 15 is 0 Å². The fourth-order valence-corrected chi connectivity index (χ4v) is 3.07. The summed E-state index contributed by atoms with van der Waals surface area (Å²) in [5, 5.41) is 11.1. The van der Waals surface area contributed by atoms with E-state index in [2.05, 4.69) is 4.90 Å². The number of carbonyl (C=O) groups is 1. The van der Waals surface area contributed by atoms with Gasteiger partial charge in [0.15, 0.2) is 0 Å². The van der Waals surface area contributed by atoms with Crippen LogP contribution in [0.2, 0.25) is 0 Å². The molecule has 2 rings (SSSR count). The highest BCUT2D eigenvalue weighted by Gasteiger charge is 2.25. The molecule has 0 atom stereocenters. The Balaban J connectivity index is 2.40. The lowest BCUT2D eigenvalue weighted by Crippen LogP contribution is -2.34. The molecule has 0 aliphatic carbocycles. The van der Waals surface area contributed by atoms with Crippen molar-refractivity contribution in [2.45, 2.75) is 39.5 Å². The van der Waals surface area contributed by atoms with E-state index in [0.29, 0.717) is 18.7 Å². The van der Waals surface area contributed by atoms with Gasteiger partial charge in [0.1, 0.15) is 0 Å². The molecular formula is C17H25N3O3. The molecule has 1 saturated heterocycles. The number of anilines is 1. The molecule has 1 heterocycles. The lowest BCUT2D eigenvalue weighted by atomic mass is 10.1. The normalized spacial score (nSPS) is 14.1. The van der Waals surface area contributed by atoms with Crippen molar-refractivity contribution in [3.05, 3.63) is 33.9 Å². The molecule has 1 aromatic carbocycles. The summed E-state index contributed by atoms with van der Waals surface area (Å²) in [6, 6.07) is 4.66. The summed E-state index contributed by atoms with van der Waals surface area (Å²) in [4.78, 5) is 27.6. The van der Waals surface area contributed by atoms with E-state index in [1.54, 1.807) is 11.0 Å². The zero-order chi connectivity index (χ0) is 16.8. The molecule has 1 aliphatic rings. The fourth-order valence-electron chi connectivity index (χ4n) is 3.07. The first kappa shape index (κ1) is 17.2. The van der Waals surface area contributed by atoms with Crippen molar-refractivity contribution < 1.29 is 9.72 Å². The highest BCUT2D eigenvalue weighted by atomic mass is 16.6. The van der Waals surface area contributed by atoms with Crippen LogP contribution in [0.1, 0.15) is 49.9 Å². The van der Waals surface area contributed by atoms with Crippen LogP contribution in [0.15, 0.2) is 18.2 Å². The Labute approximate surface area is 137 Å². The fraction of sp³-hybridized carbons (Fsp3) is 0.588. The molecule has 1 fully saturated rings. The van der Waals surface area contributed by atoms with Crippen molar-refractivity contribution in [2.75, 3.05) is 31.1 Å². The van der Waals surface area contributed by atoms with Crippen LogP contribution >= 0.6 is 0 Å². The van der Waals surface area contributed by atoms with Gasteiger partial charge in [0.25, 0.3) is 11.6 Å². The maximum atomic E-state index is 13.0. The Morgan fingerprint density at radius 3 is 2.35 bits per heavy atom. The summed E-state index contributed by atoms with van der Waals surface area (Å²) < 4.78 is 0. The van der Waals surface area contributed by atoms with Crippen molar-refractivity contribution in [1.82, 2.24) is 4.90 Å². The van der Waals surface area contributed by atoms with E-state index in [1.807, 2.05) is 13.8 Å². The maximum absolute atomic E-state index is 13.0. The monoisotopic (exact) mass is 319 g/mol. The Bertz CT molecular complexity index is 562. The van der Waals surface area contributed by atoms with Crippen molar-refractivity contribution >= 4 is 17.3 Å². The van der Waals surface area contributed by atoms with Crippen molar-refractivity contribution in [3.63, 3.8) is 0 Å². The van der Waals surface area contributed by atoms with E-state index in [4.69, 9.17) is 0 Å². The molecule has 1 aromatic rings. The minimum Gasteiger partial charge on any atom is -0.371 e. The second kappa shape index (κ2) is 7.94. The van der Waals surface area contributed by atoms with Crippen LogP contribution in [0, 0.1) is 10.1 Å². The molecule has 0 aromatic heterocycles. The third-order valence-electron chi connectivity index (χ3n) is 4.14. The zero-order valence-corrected chi connectivity index (χ0v) is 14.0. The number of nitrogens with zero attached hydrogens (tertiary/aromatic N) is 3. The minimum atomic E-state index is -0.436. The van der Waals surface area contributed by atoms with Crippen LogP contribution in [-0.2, 0) is 0 Å². The van der Waals surface area contributed by atoms with Gasteiger partial charge in [-0.2, -0.15) is 0 Å². The van der Waals surface area contributed by atoms with E-state index < -0.39 is 4.92 Å². The smallest absolute Gasteiger partial charge is 0.270 e. The van der Waals surface area contributed by atoms with Gasteiger partial charge in [-0.25, -0.2) is 0 Å². The quantitative estimate of drug-likeness (QED) is 0.570. The molecule has 6 heteroatoms. The summed E-state index contributed by atoms with van der Waals surface area (Å²) >= 11 is 0. The van der Waals surface area contributed by atoms with Gasteiger partial charge < -0.3 is 9.80 Å². The van der Waals surface area contributed by atoms with Crippen LogP contribution in [0.4, 0.5) is 11.4 Å². The third kappa shape index (κ3) is 4.00. The first-order valence-electron chi connectivity index (χ1n) is 8.41. The molecule has 0 saturated carbocycles. The van der Waals surface area contributed by atoms with Gasteiger partial charge in [-0.05, 0) is 31.7 Å². The average Bonchev–Trinajstić information content (AvgIpc) is 3.07. The summed E-state index contributed by atoms with van der Waals surface area (Å²) in [7, 11) is 0. The number of amides is 1. The molecule has 0 spiro atoms. The van der Waals surface area contributed by atoms with Crippen LogP contribution < -0.4 is 4.90 Å². The SMILES string of the molecule is CCCN(CCC)C(=O)c1cc([N+](=O)[O-])ccc1N1CCCC1. The van der Waals surface area contributed by atoms with Gasteiger partial charge in [-0.15, -0.1) is 0 Å². The topological polar surface area (TPSA) is 66.7 Å². The van der Waals surface area contributed by atoms with E-state index in [9.17, 15) is 14.9 Å². The van der Waals surface area contributed by atoms with Crippen LogP contribution in [0.25, 0.3) is 0 Å². The number of hydrogen-bond donors (Lipinski definition) is 0. The lowest BCUT2D eigenvalue weighted by Gasteiger charge is -2.26. The first-order chi connectivity index (χ1) is 11.1. The maximum Gasteiger partial charge on any atom is 0.270 e. The number of rotatable bonds is 7. The zero-order valence-electron chi connectivity index (χ0n) is 14.0. The molecule has 0 N–H and O–H groups in total. The summed E-state index contributed by atoms with van der Waals surface area (Å²) in [5.74, 6) is -0.0979. The third-order valence-corrected chi connectivity index (χ3v) is 4.14. The number of hydrogen-bond acceptors (Lipinski definition) is 4. The molecule has 6 nitrogen and oxygen atoms in total. The highest BCUT2D eigenvalue weighted by Crippen LogP contribution is 2.29. The van der Waals surface area contributed by atoms with Crippen molar-refractivity contribution in [1.29, 1.82) is 0 Å². The van der Waals surface area contributed by atoms with Gasteiger partial charge >= 0.3 is 0 Å². The number of carbonyl (C=O) groups excluding carboxylic acids is 1. The molecule has 126 valence electrons. The van der Waals surface area contributed by atoms with Gasteiger partial charge in [0, 0.05) is 38.3 Å². The highest BCUT2D eigenvalue weighted by molar-refractivity contribution is 6.00. The van der Waals surface area contributed by atoms with Crippen LogP contribution in [0.5, 0.6) is 0 Å². The van der Waals surface area contributed by atoms with Crippen LogP contribution in [-0.4, -0.2) is 41.9 Å². The first-order valence-corrected chi connectivity index (χ1v) is 8.41. The molecule has 0 radical (unpaired) electrons. The lowest BCUT2D eigenvalue weighted by molar-refractivity contribution is -0.384. The number of nitro groups is 1. The van der Waals surface area contributed by atoms with Gasteiger partial charge in [0.2, 0.25) is 0 Å². The Hall–Kier alpha value is -2.11. The molecular weight excluding hydrogens is 294 g/mol. The van der Waals surface area contributed by atoms with E-state index in [-0.39, 0.29) is 11.6 Å². The molecule has 1 amide bonds. The Morgan fingerprint density at radius 2 is 1.83 bits per heavy atom. The minimum absolute atomic E-state index is 0.0238. The van der Waals surface area contributed by atoms with E-state index in [1.165, 1.54) is 12.1 Å². The van der Waals surface area contributed by atoms with Gasteiger partial charge in [-0.3, -0.25) is 14.9 Å². The van der Waals surface area contributed by atoms with E-state index in [0.717, 1.165) is 44.5 Å². The molecule has 0 bridgehead atoms. The number of non-ortho nitro benzene ring substituents is 1. The standard InChI is InChI=1S/C17H25N3O3/c1-3-9-19(10-4-2)17(21)15-13-14(20(22)23)7-8-16(15)18-11-5-6-12-18/h7-8,13H,3-6,9-12H2,1-2H3. The summed E-state index contributed by atoms with van der Waals surface area (Å²) in [5.41, 5.74) is 1.27. The predicted octanol–water partition coefficient (Wildman–Crippen LogP) is 3.46. The Kier molecular flexibility index (Phi) is 5.96.